The number of rotatable bonds is 3. The first-order valence-corrected chi connectivity index (χ1v) is 5.91. The summed E-state index contributed by atoms with van der Waals surface area (Å²) in [7, 11) is -2.50. The summed E-state index contributed by atoms with van der Waals surface area (Å²) in [6.07, 6.45) is 0. The molecule has 1 atom stereocenters. The van der Waals surface area contributed by atoms with Crippen LogP contribution in [0.1, 0.15) is 31.9 Å². The summed E-state index contributed by atoms with van der Waals surface area (Å²) in [5, 5.41) is 0. The Hall–Kier alpha value is -0.760. The third-order valence-electron chi connectivity index (χ3n) is 2.16. The van der Waals surface area contributed by atoms with E-state index in [1.54, 1.807) is 0 Å². The van der Waals surface area contributed by atoms with E-state index >= 15 is 0 Å². The van der Waals surface area contributed by atoms with Crippen LogP contribution in [0.2, 0.25) is 0 Å². The van der Waals surface area contributed by atoms with Gasteiger partial charge in [-0.3, -0.25) is 0 Å². The van der Waals surface area contributed by atoms with E-state index in [2.05, 4.69) is 25.3 Å². The van der Waals surface area contributed by atoms with E-state index < -0.39 is 8.25 Å². The first kappa shape index (κ1) is 12.3. The molecular formula is C11H16O3P+. The minimum absolute atomic E-state index is 0.127. The monoisotopic (exact) mass is 227 g/mol. The first-order chi connectivity index (χ1) is 6.89. The topological polar surface area (TPSA) is 46.5 Å². The molecule has 0 saturated carbocycles. The summed E-state index contributed by atoms with van der Waals surface area (Å²) in [4.78, 5) is 8.48. The molecule has 3 nitrogen and oxygen atoms in total. The lowest BCUT2D eigenvalue weighted by Crippen LogP contribution is -2.10. The lowest BCUT2D eigenvalue weighted by Gasteiger charge is -2.18. The van der Waals surface area contributed by atoms with Gasteiger partial charge in [0, 0.05) is 4.57 Å². The van der Waals surface area contributed by atoms with Gasteiger partial charge in [-0.2, -0.15) is 0 Å². The average Bonchev–Trinajstić information content (AvgIpc) is 2.14. The van der Waals surface area contributed by atoms with Gasteiger partial charge >= 0.3 is 8.25 Å². The highest BCUT2D eigenvalue weighted by atomic mass is 31.1. The molecule has 0 saturated heterocycles. The van der Waals surface area contributed by atoms with Crippen molar-refractivity contribution >= 4 is 8.25 Å². The Balaban J connectivity index is 2.69. The Kier molecular flexibility index (Phi) is 3.97. The highest BCUT2D eigenvalue weighted by Gasteiger charge is 2.14. The molecule has 0 radical (unpaired) electrons. The summed E-state index contributed by atoms with van der Waals surface area (Å²) in [6.45, 7) is 6.60. The highest BCUT2D eigenvalue weighted by molar-refractivity contribution is 7.32. The molecule has 15 heavy (non-hydrogen) atoms. The minimum atomic E-state index is -2.50. The molecule has 0 bridgehead atoms. The van der Waals surface area contributed by atoms with Gasteiger partial charge < -0.3 is 0 Å². The SMILES string of the molecule is CC(C)(C)c1ccc(CO[P+](=O)O)cc1. The molecule has 0 spiro atoms. The first-order valence-electron chi connectivity index (χ1n) is 4.78. The van der Waals surface area contributed by atoms with Crippen LogP contribution in [0.3, 0.4) is 0 Å². The van der Waals surface area contributed by atoms with Crippen LogP contribution in [0.5, 0.6) is 0 Å². The number of benzene rings is 1. The van der Waals surface area contributed by atoms with Crippen molar-refractivity contribution in [3.05, 3.63) is 35.4 Å². The molecule has 1 aromatic rings. The van der Waals surface area contributed by atoms with Gasteiger partial charge in [-0.25, -0.2) is 0 Å². The molecule has 1 rings (SSSR count). The number of hydrogen-bond acceptors (Lipinski definition) is 2. The van der Waals surface area contributed by atoms with E-state index in [-0.39, 0.29) is 12.0 Å². The van der Waals surface area contributed by atoms with Crippen LogP contribution >= 0.6 is 8.25 Å². The Labute approximate surface area is 91.0 Å². The molecule has 1 aromatic carbocycles. The van der Waals surface area contributed by atoms with Gasteiger partial charge in [0.05, 0.1) is 0 Å². The van der Waals surface area contributed by atoms with Gasteiger partial charge in [-0.15, -0.1) is 9.42 Å². The minimum Gasteiger partial charge on any atom is -0.133 e. The highest BCUT2D eigenvalue weighted by Crippen LogP contribution is 2.23. The molecule has 0 fully saturated rings. The average molecular weight is 227 g/mol. The second-order valence-electron chi connectivity index (χ2n) is 4.46. The van der Waals surface area contributed by atoms with Crippen molar-refractivity contribution in [2.75, 3.05) is 0 Å². The van der Waals surface area contributed by atoms with Crippen molar-refractivity contribution in [3.8, 4) is 0 Å². The molecule has 0 aromatic heterocycles. The van der Waals surface area contributed by atoms with Gasteiger partial charge in [0.1, 0.15) is 6.61 Å². The van der Waals surface area contributed by atoms with E-state index in [9.17, 15) is 4.57 Å². The normalized spacial score (nSPS) is 12.7. The molecule has 0 heterocycles. The van der Waals surface area contributed by atoms with Gasteiger partial charge in [0.15, 0.2) is 0 Å². The van der Waals surface area contributed by atoms with Crippen LogP contribution in [0.4, 0.5) is 0 Å². The largest absolute Gasteiger partial charge is 0.695 e. The molecule has 1 unspecified atom stereocenters. The van der Waals surface area contributed by atoms with Crippen LogP contribution in [0.15, 0.2) is 24.3 Å². The summed E-state index contributed by atoms with van der Waals surface area (Å²) >= 11 is 0. The maximum Gasteiger partial charge on any atom is 0.695 e. The second kappa shape index (κ2) is 4.84. The van der Waals surface area contributed by atoms with Crippen molar-refractivity contribution in [1.82, 2.24) is 0 Å². The molecule has 0 aliphatic heterocycles. The van der Waals surface area contributed by atoms with Gasteiger partial charge in [0.25, 0.3) is 0 Å². The summed E-state index contributed by atoms with van der Waals surface area (Å²) < 4.78 is 14.9. The lowest BCUT2D eigenvalue weighted by molar-refractivity contribution is 0.272. The predicted molar refractivity (Wildman–Crippen MR) is 59.8 cm³/mol. The number of hydrogen-bond donors (Lipinski definition) is 1. The summed E-state index contributed by atoms with van der Waals surface area (Å²) in [6, 6.07) is 7.87. The predicted octanol–water partition coefficient (Wildman–Crippen LogP) is 3.15. The van der Waals surface area contributed by atoms with Crippen LogP contribution in [-0.4, -0.2) is 4.89 Å². The molecule has 4 heteroatoms. The van der Waals surface area contributed by atoms with Gasteiger partial charge in [-0.05, 0) is 16.5 Å². The quantitative estimate of drug-likeness (QED) is 0.807. The standard InChI is InChI=1S/C11H15O3P/c1-11(2,3)10-6-4-9(5-7-10)8-14-15(12)13/h4-7H,8H2,1-3H3/p+1. The van der Waals surface area contributed by atoms with Crippen molar-refractivity contribution in [2.24, 2.45) is 0 Å². The Morgan fingerprint density at radius 2 is 1.80 bits per heavy atom. The summed E-state index contributed by atoms with van der Waals surface area (Å²) in [5.41, 5.74) is 2.27. The Bertz CT molecular complexity index is 338. The Morgan fingerprint density at radius 1 is 1.27 bits per heavy atom. The molecule has 82 valence electrons. The zero-order valence-corrected chi connectivity index (χ0v) is 10.1. The zero-order chi connectivity index (χ0) is 11.5. The van der Waals surface area contributed by atoms with E-state index in [0.29, 0.717) is 0 Å². The van der Waals surface area contributed by atoms with Crippen LogP contribution in [0, 0.1) is 0 Å². The van der Waals surface area contributed by atoms with E-state index in [0.717, 1.165) is 5.56 Å². The third kappa shape index (κ3) is 4.08. The molecular weight excluding hydrogens is 211 g/mol. The fourth-order valence-electron chi connectivity index (χ4n) is 1.23. The van der Waals surface area contributed by atoms with Crippen LogP contribution in [-0.2, 0) is 21.1 Å². The molecule has 0 aliphatic carbocycles. The molecule has 0 aliphatic rings. The lowest BCUT2D eigenvalue weighted by atomic mass is 9.87. The van der Waals surface area contributed by atoms with E-state index in [1.165, 1.54) is 5.56 Å². The fraction of sp³-hybridized carbons (Fsp3) is 0.455. The molecule has 0 amide bonds. The molecule has 1 N–H and O–H groups in total. The van der Waals surface area contributed by atoms with Crippen molar-refractivity contribution in [1.29, 1.82) is 0 Å². The third-order valence-corrected chi connectivity index (χ3v) is 2.51. The summed E-state index contributed by atoms with van der Waals surface area (Å²) in [5.74, 6) is 0. The van der Waals surface area contributed by atoms with Crippen LogP contribution in [0.25, 0.3) is 0 Å². The zero-order valence-electron chi connectivity index (χ0n) is 9.23. The fourth-order valence-corrected chi connectivity index (χ4v) is 1.49. The maximum absolute atomic E-state index is 10.3. The second-order valence-corrected chi connectivity index (χ2v) is 5.19. The van der Waals surface area contributed by atoms with Gasteiger partial charge in [0.2, 0.25) is 0 Å². The van der Waals surface area contributed by atoms with Crippen LogP contribution < -0.4 is 0 Å². The van der Waals surface area contributed by atoms with E-state index in [1.807, 2.05) is 24.3 Å². The van der Waals surface area contributed by atoms with Crippen molar-refractivity contribution < 1.29 is 14.0 Å². The van der Waals surface area contributed by atoms with Gasteiger partial charge in [-0.1, -0.05) is 45.0 Å². The van der Waals surface area contributed by atoms with Crippen molar-refractivity contribution in [3.63, 3.8) is 0 Å². The van der Waals surface area contributed by atoms with Crippen molar-refractivity contribution in [2.45, 2.75) is 32.8 Å². The van der Waals surface area contributed by atoms with E-state index in [4.69, 9.17) is 4.89 Å². The maximum atomic E-state index is 10.3. The Morgan fingerprint density at radius 3 is 2.20 bits per heavy atom. The smallest absolute Gasteiger partial charge is 0.133 e.